The van der Waals surface area contributed by atoms with E-state index in [0.717, 1.165) is 28.4 Å². The van der Waals surface area contributed by atoms with Crippen LogP contribution in [0, 0.1) is 6.92 Å². The number of methoxy groups -OCH3 is 4. The summed E-state index contributed by atoms with van der Waals surface area (Å²) in [7, 11) is 6.41. The molecule has 0 radical (unpaired) electrons. The van der Waals surface area contributed by atoms with Crippen molar-refractivity contribution in [3.05, 3.63) is 65.1 Å². The Hall–Kier alpha value is -3.81. The lowest BCUT2D eigenvalue weighted by molar-refractivity contribution is -0.0211. The van der Waals surface area contributed by atoms with Gasteiger partial charge >= 0.3 is 0 Å². The highest BCUT2D eigenvalue weighted by molar-refractivity contribution is 5.99. The predicted octanol–water partition coefficient (Wildman–Crippen LogP) is 4.86. The van der Waals surface area contributed by atoms with E-state index in [-0.39, 0.29) is 6.04 Å². The molecule has 2 aliphatic rings. The van der Waals surface area contributed by atoms with Crippen molar-refractivity contribution in [1.29, 1.82) is 0 Å². The van der Waals surface area contributed by atoms with Gasteiger partial charge in [-0.05, 0) is 37.3 Å². The van der Waals surface area contributed by atoms with Crippen LogP contribution in [0.4, 0.5) is 0 Å². The third-order valence-electron chi connectivity index (χ3n) is 6.00. The average Bonchev–Trinajstić information content (AvgIpc) is 3.48. The fraction of sp³-hybridized carbons (Fsp3) is 0.320. The molecule has 3 aromatic rings. The molecular weight excluding hydrogens is 424 g/mol. The molecule has 8 nitrogen and oxygen atoms in total. The molecule has 0 saturated heterocycles. The molecule has 0 aliphatic carbocycles. The van der Waals surface area contributed by atoms with Crippen LogP contribution in [-0.4, -0.2) is 39.2 Å². The lowest BCUT2D eigenvalue weighted by Crippen LogP contribution is -2.34. The molecule has 3 heterocycles. The molecule has 1 aromatic heterocycles. The Bertz CT molecular complexity index is 1190. The van der Waals surface area contributed by atoms with Crippen LogP contribution in [0.25, 0.3) is 0 Å². The molecule has 8 heteroatoms. The number of para-hydroxylation sites is 1. The van der Waals surface area contributed by atoms with Crippen LogP contribution in [0.15, 0.2) is 52.0 Å². The zero-order chi connectivity index (χ0) is 23.1. The van der Waals surface area contributed by atoms with Crippen molar-refractivity contribution in [1.82, 2.24) is 5.01 Å². The van der Waals surface area contributed by atoms with Gasteiger partial charge in [0.15, 0.2) is 23.0 Å². The van der Waals surface area contributed by atoms with E-state index in [4.69, 9.17) is 33.2 Å². The monoisotopic (exact) mass is 450 g/mol. The molecular formula is C25H26N2O6. The largest absolute Gasteiger partial charge is 0.493 e. The highest BCUT2D eigenvalue weighted by atomic mass is 16.5. The molecule has 0 fully saturated rings. The Kier molecular flexibility index (Phi) is 5.28. The molecule has 0 bridgehead atoms. The summed E-state index contributed by atoms with van der Waals surface area (Å²) in [6.45, 7) is 1.92. The first-order chi connectivity index (χ1) is 16.1. The average molecular weight is 450 g/mol. The van der Waals surface area contributed by atoms with Gasteiger partial charge in [0.2, 0.25) is 12.0 Å². The second-order valence-corrected chi connectivity index (χ2v) is 7.86. The fourth-order valence-electron chi connectivity index (χ4n) is 4.45. The van der Waals surface area contributed by atoms with E-state index >= 15 is 0 Å². The number of nitrogens with zero attached hydrogens (tertiary/aromatic N) is 2. The molecule has 2 aromatic carbocycles. The first kappa shape index (κ1) is 21.1. The summed E-state index contributed by atoms with van der Waals surface area (Å²) >= 11 is 0. The van der Waals surface area contributed by atoms with Gasteiger partial charge in [0.05, 0.1) is 34.5 Å². The van der Waals surface area contributed by atoms with E-state index in [1.165, 1.54) is 0 Å². The molecule has 33 heavy (non-hydrogen) atoms. The van der Waals surface area contributed by atoms with Gasteiger partial charge in [-0.3, -0.25) is 0 Å². The number of hydrogen-bond acceptors (Lipinski definition) is 8. The maximum atomic E-state index is 6.53. The van der Waals surface area contributed by atoms with Gasteiger partial charge in [0, 0.05) is 17.5 Å². The SMILES string of the molecule is COc1cc([C@@H]2Oc3c(OC)cccc3[C@@H]3CC(c4ccc(C)o4)=NN32)cc(OC)c1OC. The summed E-state index contributed by atoms with van der Waals surface area (Å²) in [5, 5.41) is 6.90. The predicted molar refractivity (Wildman–Crippen MR) is 122 cm³/mol. The number of fused-ring (bicyclic) bond motifs is 3. The molecule has 2 aliphatic heterocycles. The minimum Gasteiger partial charge on any atom is -0.493 e. The topological polar surface area (TPSA) is 74.9 Å². The number of aryl methyl sites for hydroxylation is 1. The number of ether oxygens (including phenoxy) is 5. The number of rotatable bonds is 6. The highest BCUT2D eigenvalue weighted by Gasteiger charge is 2.43. The molecule has 0 saturated carbocycles. The Labute approximate surface area is 192 Å². The summed E-state index contributed by atoms with van der Waals surface area (Å²) < 4.78 is 34.7. The van der Waals surface area contributed by atoms with Gasteiger partial charge in [0.1, 0.15) is 17.2 Å². The summed E-state index contributed by atoms with van der Waals surface area (Å²) in [5.41, 5.74) is 2.69. The maximum absolute atomic E-state index is 6.53. The number of hydrazone groups is 1. The zero-order valence-electron chi connectivity index (χ0n) is 19.2. The number of hydrogen-bond donors (Lipinski definition) is 0. The Balaban J connectivity index is 1.65. The van der Waals surface area contributed by atoms with E-state index in [1.807, 2.05) is 54.4 Å². The Morgan fingerprint density at radius 3 is 2.24 bits per heavy atom. The van der Waals surface area contributed by atoms with E-state index in [9.17, 15) is 0 Å². The highest BCUT2D eigenvalue weighted by Crippen LogP contribution is 2.52. The molecule has 5 rings (SSSR count). The minimum atomic E-state index is -0.541. The summed E-state index contributed by atoms with van der Waals surface area (Å²) in [4.78, 5) is 0. The van der Waals surface area contributed by atoms with E-state index in [0.29, 0.717) is 35.2 Å². The second-order valence-electron chi connectivity index (χ2n) is 7.86. The van der Waals surface area contributed by atoms with Crippen LogP contribution in [-0.2, 0) is 0 Å². The van der Waals surface area contributed by atoms with Gasteiger partial charge in [-0.15, -0.1) is 0 Å². The third-order valence-corrected chi connectivity index (χ3v) is 6.00. The van der Waals surface area contributed by atoms with Gasteiger partial charge in [0.25, 0.3) is 0 Å². The first-order valence-corrected chi connectivity index (χ1v) is 10.6. The van der Waals surface area contributed by atoms with Crippen LogP contribution in [0.2, 0.25) is 0 Å². The van der Waals surface area contributed by atoms with Crippen molar-refractivity contribution >= 4 is 5.71 Å². The van der Waals surface area contributed by atoms with Crippen molar-refractivity contribution in [3.63, 3.8) is 0 Å². The second kappa shape index (κ2) is 8.27. The normalized spacial score (nSPS) is 18.7. The maximum Gasteiger partial charge on any atom is 0.214 e. The van der Waals surface area contributed by atoms with E-state index in [2.05, 4.69) is 0 Å². The van der Waals surface area contributed by atoms with Crippen molar-refractivity contribution in [3.8, 4) is 28.7 Å². The Morgan fingerprint density at radius 2 is 1.64 bits per heavy atom. The number of furan rings is 1. The quantitative estimate of drug-likeness (QED) is 0.531. The summed E-state index contributed by atoms with van der Waals surface area (Å²) in [5.74, 6) is 4.59. The molecule has 2 atom stereocenters. The van der Waals surface area contributed by atoms with Crippen LogP contribution in [0.5, 0.6) is 28.7 Å². The molecule has 0 N–H and O–H groups in total. The molecule has 0 amide bonds. The van der Waals surface area contributed by atoms with Crippen molar-refractivity contribution < 1.29 is 28.1 Å². The van der Waals surface area contributed by atoms with E-state index in [1.54, 1.807) is 28.4 Å². The van der Waals surface area contributed by atoms with Crippen molar-refractivity contribution in [2.75, 3.05) is 28.4 Å². The van der Waals surface area contributed by atoms with Gasteiger partial charge in [-0.2, -0.15) is 5.10 Å². The Morgan fingerprint density at radius 1 is 0.909 bits per heavy atom. The summed E-state index contributed by atoms with van der Waals surface area (Å²) in [6, 6.07) is 13.5. The first-order valence-electron chi connectivity index (χ1n) is 10.6. The minimum absolute atomic E-state index is 0.0478. The van der Waals surface area contributed by atoms with Crippen LogP contribution in [0.3, 0.4) is 0 Å². The van der Waals surface area contributed by atoms with E-state index < -0.39 is 6.23 Å². The van der Waals surface area contributed by atoms with Crippen LogP contribution in [0.1, 0.15) is 41.3 Å². The zero-order valence-corrected chi connectivity index (χ0v) is 19.2. The smallest absolute Gasteiger partial charge is 0.214 e. The molecule has 172 valence electrons. The van der Waals surface area contributed by atoms with Crippen LogP contribution >= 0.6 is 0 Å². The lowest BCUT2D eigenvalue weighted by Gasteiger charge is -2.38. The molecule has 0 spiro atoms. The molecule has 0 unspecified atom stereocenters. The number of benzene rings is 2. The standard InChI is InChI=1S/C25H26N2O6/c1-14-9-10-19(32-14)17-13-18-16-7-6-8-20(28-2)23(16)33-25(27(18)26-17)15-11-21(29-3)24(31-5)22(12-15)30-4/h6-12,18,25H,13H2,1-5H3/t18-,25-/m0/s1. The lowest BCUT2D eigenvalue weighted by atomic mass is 9.97. The van der Waals surface area contributed by atoms with Gasteiger partial charge in [-0.1, -0.05) is 12.1 Å². The summed E-state index contributed by atoms with van der Waals surface area (Å²) in [6.07, 6.45) is 0.137. The van der Waals surface area contributed by atoms with Gasteiger partial charge in [-0.25, -0.2) is 5.01 Å². The van der Waals surface area contributed by atoms with Crippen LogP contribution < -0.4 is 23.7 Å². The van der Waals surface area contributed by atoms with Crippen molar-refractivity contribution in [2.24, 2.45) is 5.10 Å². The van der Waals surface area contributed by atoms with Crippen molar-refractivity contribution in [2.45, 2.75) is 25.6 Å². The third kappa shape index (κ3) is 3.42. The van der Waals surface area contributed by atoms with Gasteiger partial charge < -0.3 is 28.1 Å². The fourth-order valence-corrected chi connectivity index (χ4v) is 4.45.